The molecule has 2 aromatic rings. The van der Waals surface area contributed by atoms with Crippen molar-refractivity contribution in [3.05, 3.63) is 42.5 Å². The van der Waals surface area contributed by atoms with Gasteiger partial charge in [-0.05, 0) is 30.3 Å². The van der Waals surface area contributed by atoms with E-state index in [0.717, 1.165) is 28.4 Å². The van der Waals surface area contributed by atoms with Crippen molar-refractivity contribution in [3.8, 4) is 28.4 Å². The van der Waals surface area contributed by atoms with E-state index in [0.29, 0.717) is 0 Å². The third-order valence-electron chi connectivity index (χ3n) is 2.74. The molecule has 2 rings (SSSR count). The maximum Gasteiger partial charge on any atom is 0.130 e. The summed E-state index contributed by atoms with van der Waals surface area (Å²) in [5.41, 5.74) is 1.93. The molecule has 2 aromatic carbocycles. The minimum absolute atomic E-state index is 0.749. The van der Waals surface area contributed by atoms with E-state index < -0.39 is 0 Å². The highest BCUT2D eigenvalue weighted by Gasteiger charge is 2.11. The van der Waals surface area contributed by atoms with E-state index in [4.69, 9.17) is 14.2 Å². The van der Waals surface area contributed by atoms with E-state index in [-0.39, 0.29) is 0 Å². The van der Waals surface area contributed by atoms with Gasteiger partial charge in [-0.1, -0.05) is 6.07 Å². The number of ether oxygens (including phenoxy) is 3. The molecule has 3 heteroatoms. The summed E-state index contributed by atoms with van der Waals surface area (Å²) in [4.78, 5) is 0. The lowest BCUT2D eigenvalue weighted by Gasteiger charge is -2.13. The Balaban J connectivity index is 2.56. The molecule has 0 unspecified atom stereocenters. The number of methoxy groups -OCH3 is 3. The summed E-state index contributed by atoms with van der Waals surface area (Å²) in [6, 6.07) is 14.3. The van der Waals surface area contributed by atoms with Crippen LogP contribution in [0.4, 0.5) is 0 Å². The molecular formula is C15H15O3. The van der Waals surface area contributed by atoms with Crippen LogP contribution >= 0.6 is 0 Å². The maximum atomic E-state index is 5.40. The molecule has 0 atom stereocenters. The molecule has 0 saturated carbocycles. The van der Waals surface area contributed by atoms with Crippen molar-refractivity contribution in [3.63, 3.8) is 0 Å². The fraction of sp³-hybridized carbons (Fsp3) is 0.200. The first-order chi connectivity index (χ1) is 8.80. The highest BCUT2D eigenvalue weighted by Crippen LogP contribution is 2.37. The summed E-state index contributed by atoms with van der Waals surface area (Å²) in [7, 11) is 4.91. The Labute approximate surface area is 107 Å². The molecule has 0 fully saturated rings. The first-order valence-electron chi connectivity index (χ1n) is 5.56. The summed E-state index contributed by atoms with van der Waals surface area (Å²) < 4.78 is 15.9. The topological polar surface area (TPSA) is 27.7 Å². The SMILES string of the molecule is COc1ccc(-c2cc[c]cc2OC)c(OC)c1. The summed E-state index contributed by atoms with van der Waals surface area (Å²) in [5.74, 6) is 2.27. The number of rotatable bonds is 4. The van der Waals surface area contributed by atoms with Crippen LogP contribution in [0.15, 0.2) is 36.4 Å². The minimum Gasteiger partial charge on any atom is -0.497 e. The van der Waals surface area contributed by atoms with Crippen molar-refractivity contribution < 1.29 is 14.2 Å². The summed E-state index contributed by atoms with van der Waals surface area (Å²) in [5, 5.41) is 0. The Morgan fingerprint density at radius 2 is 1.56 bits per heavy atom. The molecule has 0 bridgehead atoms. The first kappa shape index (κ1) is 12.3. The Bertz CT molecular complexity index is 535. The van der Waals surface area contributed by atoms with Gasteiger partial charge in [0, 0.05) is 17.2 Å². The monoisotopic (exact) mass is 243 g/mol. The maximum absolute atomic E-state index is 5.40. The molecule has 0 aliphatic heterocycles. The molecule has 0 aromatic heterocycles. The van der Waals surface area contributed by atoms with Crippen molar-refractivity contribution >= 4 is 0 Å². The molecule has 3 nitrogen and oxygen atoms in total. The summed E-state index contributed by atoms with van der Waals surface area (Å²) in [6.45, 7) is 0. The number of benzene rings is 2. The van der Waals surface area contributed by atoms with Gasteiger partial charge in [0.1, 0.15) is 17.2 Å². The third kappa shape index (κ3) is 2.25. The van der Waals surface area contributed by atoms with Crippen LogP contribution in [-0.2, 0) is 0 Å². The van der Waals surface area contributed by atoms with E-state index in [1.165, 1.54) is 0 Å². The highest BCUT2D eigenvalue weighted by molar-refractivity contribution is 5.76. The van der Waals surface area contributed by atoms with Gasteiger partial charge in [-0.25, -0.2) is 0 Å². The molecule has 93 valence electrons. The minimum atomic E-state index is 0.749. The van der Waals surface area contributed by atoms with Gasteiger partial charge >= 0.3 is 0 Å². The predicted molar refractivity (Wildman–Crippen MR) is 70.4 cm³/mol. The predicted octanol–water partition coefficient (Wildman–Crippen LogP) is 3.18. The van der Waals surface area contributed by atoms with Gasteiger partial charge in [0.25, 0.3) is 0 Å². The second-order valence-electron chi connectivity index (χ2n) is 3.69. The molecule has 18 heavy (non-hydrogen) atoms. The Kier molecular flexibility index (Phi) is 3.72. The van der Waals surface area contributed by atoms with Crippen molar-refractivity contribution in [2.75, 3.05) is 21.3 Å². The third-order valence-corrected chi connectivity index (χ3v) is 2.74. The molecular weight excluding hydrogens is 228 g/mol. The largest absolute Gasteiger partial charge is 0.497 e. The van der Waals surface area contributed by atoms with E-state index in [1.807, 2.05) is 30.3 Å². The zero-order chi connectivity index (χ0) is 13.0. The van der Waals surface area contributed by atoms with Gasteiger partial charge in [0.15, 0.2) is 0 Å². The normalized spacial score (nSPS) is 9.94. The molecule has 0 aliphatic rings. The Hall–Kier alpha value is -2.16. The summed E-state index contributed by atoms with van der Waals surface area (Å²) in [6.07, 6.45) is 0. The van der Waals surface area contributed by atoms with Crippen molar-refractivity contribution in [1.29, 1.82) is 0 Å². The molecule has 0 aliphatic carbocycles. The van der Waals surface area contributed by atoms with Crippen LogP contribution in [0.3, 0.4) is 0 Å². The smallest absolute Gasteiger partial charge is 0.130 e. The number of hydrogen-bond donors (Lipinski definition) is 0. The van der Waals surface area contributed by atoms with E-state index >= 15 is 0 Å². The average molecular weight is 243 g/mol. The van der Waals surface area contributed by atoms with E-state index in [2.05, 4.69) is 6.07 Å². The zero-order valence-corrected chi connectivity index (χ0v) is 10.7. The van der Waals surface area contributed by atoms with Gasteiger partial charge in [0.2, 0.25) is 0 Å². The zero-order valence-electron chi connectivity index (χ0n) is 10.7. The van der Waals surface area contributed by atoms with Crippen LogP contribution in [0.1, 0.15) is 0 Å². The van der Waals surface area contributed by atoms with Crippen molar-refractivity contribution in [2.24, 2.45) is 0 Å². The van der Waals surface area contributed by atoms with E-state index in [9.17, 15) is 0 Å². The van der Waals surface area contributed by atoms with Crippen LogP contribution in [0.5, 0.6) is 17.2 Å². The second-order valence-corrected chi connectivity index (χ2v) is 3.69. The van der Waals surface area contributed by atoms with Crippen LogP contribution < -0.4 is 14.2 Å². The molecule has 1 radical (unpaired) electrons. The second kappa shape index (κ2) is 5.45. The fourth-order valence-electron chi connectivity index (χ4n) is 1.83. The molecule has 0 spiro atoms. The number of hydrogen-bond acceptors (Lipinski definition) is 3. The lowest BCUT2D eigenvalue weighted by atomic mass is 10.0. The quantitative estimate of drug-likeness (QED) is 0.825. The average Bonchev–Trinajstić information content (AvgIpc) is 2.46. The standard InChI is InChI=1S/C15H15O3/c1-16-11-8-9-13(15(10-11)18-3)12-6-4-5-7-14(12)17-2/h4,6-10H,1-3H3. The van der Waals surface area contributed by atoms with Gasteiger partial charge in [-0.3, -0.25) is 0 Å². The Morgan fingerprint density at radius 3 is 2.22 bits per heavy atom. The van der Waals surface area contributed by atoms with Crippen LogP contribution in [0.25, 0.3) is 11.1 Å². The fourth-order valence-corrected chi connectivity index (χ4v) is 1.83. The summed E-state index contributed by atoms with van der Waals surface area (Å²) >= 11 is 0. The van der Waals surface area contributed by atoms with Gasteiger partial charge in [0.05, 0.1) is 21.3 Å². The van der Waals surface area contributed by atoms with Gasteiger partial charge < -0.3 is 14.2 Å². The van der Waals surface area contributed by atoms with Crippen LogP contribution in [0.2, 0.25) is 0 Å². The lowest BCUT2D eigenvalue weighted by molar-refractivity contribution is 0.394. The Morgan fingerprint density at radius 1 is 0.833 bits per heavy atom. The van der Waals surface area contributed by atoms with Crippen LogP contribution in [0, 0.1) is 6.07 Å². The van der Waals surface area contributed by atoms with Gasteiger partial charge in [-0.15, -0.1) is 0 Å². The van der Waals surface area contributed by atoms with Crippen molar-refractivity contribution in [1.82, 2.24) is 0 Å². The van der Waals surface area contributed by atoms with E-state index in [1.54, 1.807) is 27.4 Å². The molecule has 0 heterocycles. The van der Waals surface area contributed by atoms with Crippen LogP contribution in [-0.4, -0.2) is 21.3 Å². The molecule has 0 N–H and O–H groups in total. The molecule has 0 amide bonds. The van der Waals surface area contributed by atoms with Crippen molar-refractivity contribution in [2.45, 2.75) is 0 Å². The van der Waals surface area contributed by atoms with Gasteiger partial charge in [-0.2, -0.15) is 0 Å². The molecule has 0 saturated heterocycles. The lowest BCUT2D eigenvalue weighted by Crippen LogP contribution is -1.92. The first-order valence-corrected chi connectivity index (χ1v) is 5.56. The highest BCUT2D eigenvalue weighted by atomic mass is 16.5.